The SMILES string of the molecule is COCCCN1CCOc2ccc(CO[C@H]3CN(C(=O)C(N)CC(C)C)[C@@H](CC(C)(C)NC(C)=O)C[C@@H]3c3ccc(OC)cc3)cc21. The molecule has 10 nitrogen and oxygen atoms in total. The zero-order valence-corrected chi connectivity index (χ0v) is 29.4. The van der Waals surface area contributed by atoms with Crippen molar-refractivity contribution in [2.24, 2.45) is 11.7 Å². The van der Waals surface area contributed by atoms with Crippen molar-refractivity contribution in [3.8, 4) is 11.5 Å². The van der Waals surface area contributed by atoms with Crippen LogP contribution in [0.3, 0.4) is 0 Å². The summed E-state index contributed by atoms with van der Waals surface area (Å²) in [6.07, 6.45) is 2.53. The van der Waals surface area contributed by atoms with Gasteiger partial charge in [0.1, 0.15) is 18.1 Å². The Morgan fingerprint density at radius 3 is 2.53 bits per heavy atom. The van der Waals surface area contributed by atoms with Crippen LogP contribution in [0.15, 0.2) is 42.5 Å². The molecule has 0 spiro atoms. The third-order valence-electron chi connectivity index (χ3n) is 9.15. The van der Waals surface area contributed by atoms with E-state index < -0.39 is 11.6 Å². The minimum absolute atomic E-state index is 0.0101. The van der Waals surface area contributed by atoms with Gasteiger partial charge in [0.15, 0.2) is 0 Å². The number of methoxy groups -OCH3 is 2. The van der Waals surface area contributed by atoms with Gasteiger partial charge in [0.2, 0.25) is 11.8 Å². The van der Waals surface area contributed by atoms with Crippen molar-refractivity contribution in [2.45, 2.75) is 96.6 Å². The molecule has 2 aromatic rings. The number of hydrogen-bond acceptors (Lipinski definition) is 8. The highest BCUT2D eigenvalue weighted by Gasteiger charge is 2.42. The van der Waals surface area contributed by atoms with Gasteiger partial charge in [-0.05, 0) is 80.8 Å². The summed E-state index contributed by atoms with van der Waals surface area (Å²) in [4.78, 5) is 30.4. The number of rotatable bonds is 15. The Hall–Kier alpha value is -3.34. The summed E-state index contributed by atoms with van der Waals surface area (Å²) in [5, 5.41) is 3.08. The maximum atomic E-state index is 14.0. The molecule has 0 radical (unpaired) electrons. The first-order valence-electron chi connectivity index (χ1n) is 17.0. The average molecular weight is 653 g/mol. The number of fused-ring (bicyclic) bond motifs is 1. The Bertz CT molecular complexity index is 1320. The van der Waals surface area contributed by atoms with Gasteiger partial charge < -0.3 is 39.8 Å². The van der Waals surface area contributed by atoms with Crippen LogP contribution in [0.2, 0.25) is 0 Å². The standard InChI is InChI=1S/C37H56N4O6/c1-25(2)19-32(38)36(43)41-23-35(47-24-27-9-14-34-33(20-27)40(16-18-46-34)15-8-17-44-6)31(28-10-12-30(45-7)13-11-28)21-29(41)22-37(4,5)39-26(3)42/h9-14,20,25,29,31-32,35H,8,15-19,21-24,38H2,1-7H3,(H,39,42)/t29-,31-,32?,35+/m1/s1. The molecule has 1 saturated heterocycles. The van der Waals surface area contributed by atoms with E-state index in [1.807, 2.05) is 36.9 Å². The molecule has 0 bridgehead atoms. The predicted molar refractivity (Wildman–Crippen MR) is 185 cm³/mol. The van der Waals surface area contributed by atoms with Gasteiger partial charge in [-0.25, -0.2) is 0 Å². The molecule has 4 rings (SSSR count). The van der Waals surface area contributed by atoms with Crippen LogP contribution >= 0.6 is 0 Å². The summed E-state index contributed by atoms with van der Waals surface area (Å²) in [5.74, 6) is 1.80. The number of ether oxygens (including phenoxy) is 4. The molecule has 2 heterocycles. The molecule has 0 aromatic heterocycles. The fraction of sp³-hybridized carbons (Fsp3) is 0.622. The molecule has 10 heteroatoms. The lowest BCUT2D eigenvalue weighted by atomic mass is 9.79. The van der Waals surface area contributed by atoms with E-state index in [4.69, 9.17) is 24.7 Å². The zero-order chi connectivity index (χ0) is 34.1. The Morgan fingerprint density at radius 1 is 1.13 bits per heavy atom. The van der Waals surface area contributed by atoms with Crippen molar-refractivity contribution in [1.82, 2.24) is 10.2 Å². The molecule has 47 heavy (non-hydrogen) atoms. The lowest BCUT2D eigenvalue weighted by Gasteiger charge is -2.47. The number of piperidine rings is 1. The second-order valence-corrected chi connectivity index (χ2v) is 14.1. The second-order valence-electron chi connectivity index (χ2n) is 14.1. The van der Waals surface area contributed by atoms with E-state index in [-0.39, 0.29) is 35.8 Å². The third-order valence-corrected chi connectivity index (χ3v) is 9.15. The van der Waals surface area contributed by atoms with Crippen molar-refractivity contribution in [2.75, 3.05) is 52.0 Å². The van der Waals surface area contributed by atoms with E-state index >= 15 is 0 Å². The number of carbonyl (C=O) groups excluding carboxylic acids is 2. The molecule has 3 N–H and O–H groups in total. The fourth-order valence-corrected chi connectivity index (χ4v) is 7.06. The van der Waals surface area contributed by atoms with Gasteiger partial charge >= 0.3 is 0 Å². The minimum Gasteiger partial charge on any atom is -0.497 e. The molecular weight excluding hydrogens is 596 g/mol. The van der Waals surface area contributed by atoms with E-state index in [2.05, 4.69) is 48.3 Å². The van der Waals surface area contributed by atoms with E-state index in [0.717, 1.165) is 47.8 Å². The average Bonchev–Trinajstić information content (AvgIpc) is 3.02. The summed E-state index contributed by atoms with van der Waals surface area (Å²) in [6, 6.07) is 13.6. The van der Waals surface area contributed by atoms with Gasteiger partial charge in [-0.15, -0.1) is 0 Å². The van der Waals surface area contributed by atoms with Crippen LogP contribution in [0.4, 0.5) is 5.69 Å². The first-order chi connectivity index (χ1) is 22.4. The number of nitrogens with zero attached hydrogens (tertiary/aromatic N) is 2. The number of nitrogens with one attached hydrogen (secondary N) is 1. The first kappa shape index (κ1) is 36.5. The molecule has 2 amide bonds. The summed E-state index contributed by atoms with van der Waals surface area (Å²) in [6.45, 7) is 13.6. The zero-order valence-electron chi connectivity index (χ0n) is 29.4. The number of amides is 2. The number of benzene rings is 2. The van der Waals surface area contributed by atoms with E-state index in [9.17, 15) is 9.59 Å². The highest BCUT2D eigenvalue weighted by atomic mass is 16.5. The van der Waals surface area contributed by atoms with Gasteiger partial charge in [0, 0.05) is 51.2 Å². The first-order valence-corrected chi connectivity index (χ1v) is 17.0. The van der Waals surface area contributed by atoms with Crippen LogP contribution in [0.1, 0.15) is 77.3 Å². The predicted octanol–water partition coefficient (Wildman–Crippen LogP) is 4.88. The molecular formula is C37H56N4O6. The molecule has 2 aliphatic heterocycles. The molecule has 1 fully saturated rings. The molecule has 2 aliphatic rings. The molecule has 2 aromatic carbocycles. The van der Waals surface area contributed by atoms with Crippen molar-refractivity contribution in [3.63, 3.8) is 0 Å². The molecule has 4 atom stereocenters. The number of hydrogen-bond donors (Lipinski definition) is 2. The Morgan fingerprint density at radius 2 is 1.87 bits per heavy atom. The van der Waals surface area contributed by atoms with Gasteiger partial charge in [-0.2, -0.15) is 0 Å². The number of carbonyl (C=O) groups is 2. The third kappa shape index (κ3) is 10.1. The summed E-state index contributed by atoms with van der Waals surface area (Å²) in [5.41, 5.74) is 9.25. The van der Waals surface area contributed by atoms with E-state index in [1.165, 1.54) is 6.92 Å². The maximum absolute atomic E-state index is 14.0. The van der Waals surface area contributed by atoms with E-state index in [1.54, 1.807) is 14.2 Å². The summed E-state index contributed by atoms with van der Waals surface area (Å²) < 4.78 is 23.5. The van der Waals surface area contributed by atoms with Crippen molar-refractivity contribution >= 4 is 17.5 Å². The van der Waals surface area contributed by atoms with Crippen molar-refractivity contribution in [1.29, 1.82) is 0 Å². The normalized spacial score (nSPS) is 20.4. The molecule has 0 aliphatic carbocycles. The molecule has 260 valence electrons. The maximum Gasteiger partial charge on any atom is 0.239 e. The summed E-state index contributed by atoms with van der Waals surface area (Å²) >= 11 is 0. The number of anilines is 1. The van der Waals surface area contributed by atoms with Gasteiger partial charge in [0.25, 0.3) is 0 Å². The Labute approximate surface area is 281 Å². The smallest absolute Gasteiger partial charge is 0.239 e. The Kier molecular flexibility index (Phi) is 12.9. The van der Waals surface area contributed by atoms with Crippen molar-refractivity contribution in [3.05, 3.63) is 53.6 Å². The van der Waals surface area contributed by atoms with Crippen LogP contribution < -0.4 is 25.4 Å². The van der Waals surface area contributed by atoms with Gasteiger partial charge in [-0.3, -0.25) is 9.59 Å². The highest BCUT2D eigenvalue weighted by molar-refractivity contribution is 5.82. The highest BCUT2D eigenvalue weighted by Crippen LogP contribution is 2.39. The van der Waals surface area contributed by atoms with Crippen LogP contribution in [-0.2, 0) is 25.7 Å². The second kappa shape index (κ2) is 16.7. The number of likely N-dealkylation sites (tertiary alicyclic amines) is 1. The number of nitrogens with two attached hydrogens (primary N) is 1. The lowest BCUT2D eigenvalue weighted by Crippen LogP contribution is -2.59. The van der Waals surface area contributed by atoms with Crippen LogP contribution in [-0.4, -0.2) is 87.5 Å². The van der Waals surface area contributed by atoms with Gasteiger partial charge in [-0.1, -0.05) is 32.0 Å². The molecule has 0 saturated carbocycles. The molecule has 1 unspecified atom stereocenters. The summed E-state index contributed by atoms with van der Waals surface area (Å²) in [7, 11) is 3.39. The van der Waals surface area contributed by atoms with E-state index in [0.29, 0.717) is 45.6 Å². The lowest BCUT2D eigenvalue weighted by molar-refractivity contribution is -0.143. The van der Waals surface area contributed by atoms with Crippen LogP contribution in [0.5, 0.6) is 11.5 Å². The van der Waals surface area contributed by atoms with Crippen LogP contribution in [0, 0.1) is 5.92 Å². The quantitative estimate of drug-likeness (QED) is 0.262. The minimum atomic E-state index is -0.607. The largest absolute Gasteiger partial charge is 0.497 e. The van der Waals surface area contributed by atoms with Gasteiger partial charge in [0.05, 0.1) is 38.1 Å². The monoisotopic (exact) mass is 652 g/mol. The Balaban J connectivity index is 1.63. The van der Waals surface area contributed by atoms with Crippen LogP contribution in [0.25, 0.3) is 0 Å². The topological polar surface area (TPSA) is 116 Å². The van der Waals surface area contributed by atoms with Crippen molar-refractivity contribution < 1.29 is 28.5 Å². The fourth-order valence-electron chi connectivity index (χ4n) is 7.06.